The number of aliphatic hydroxyl groups is 1. The topological polar surface area (TPSA) is 49.3 Å². The third-order valence-electron chi connectivity index (χ3n) is 2.50. The molecule has 56 valence electrons. The maximum absolute atomic E-state index is 11.0. The van der Waals surface area contributed by atoms with Crippen LogP contribution in [0.4, 0.5) is 0 Å². The molecule has 2 bridgehead atoms. The van der Waals surface area contributed by atoms with Gasteiger partial charge in [0.2, 0.25) is 5.91 Å². The van der Waals surface area contributed by atoms with E-state index in [2.05, 4.69) is 5.32 Å². The zero-order valence-corrected chi connectivity index (χ0v) is 5.71. The third kappa shape index (κ3) is 0.736. The maximum atomic E-state index is 11.0. The molecule has 3 fully saturated rings. The highest BCUT2D eigenvalue weighted by molar-refractivity contribution is 5.81. The molecule has 0 aromatic heterocycles. The molecule has 0 radical (unpaired) electrons. The molecule has 3 heteroatoms. The first-order chi connectivity index (χ1) is 4.77. The second-order valence-electron chi connectivity index (χ2n) is 3.19. The van der Waals surface area contributed by atoms with Crippen LogP contribution in [-0.4, -0.2) is 23.2 Å². The number of piperidine rings is 2. The summed E-state index contributed by atoms with van der Waals surface area (Å²) < 4.78 is 0. The lowest BCUT2D eigenvalue weighted by Crippen LogP contribution is -2.55. The summed E-state index contributed by atoms with van der Waals surface area (Å²) in [6, 6.07) is 0.257. The van der Waals surface area contributed by atoms with Crippen LogP contribution in [0.5, 0.6) is 0 Å². The second-order valence-corrected chi connectivity index (χ2v) is 3.19. The van der Waals surface area contributed by atoms with Crippen LogP contribution in [-0.2, 0) is 4.79 Å². The number of hydrogen-bond acceptors (Lipinski definition) is 2. The molecule has 3 nitrogen and oxygen atoms in total. The highest BCUT2D eigenvalue weighted by Crippen LogP contribution is 2.29. The summed E-state index contributed by atoms with van der Waals surface area (Å²) in [4.78, 5) is 11.0. The Kier molecular flexibility index (Phi) is 1.20. The zero-order chi connectivity index (χ0) is 7.14. The van der Waals surface area contributed by atoms with Crippen molar-refractivity contribution < 1.29 is 9.90 Å². The van der Waals surface area contributed by atoms with E-state index >= 15 is 0 Å². The van der Waals surface area contributed by atoms with E-state index in [0.717, 1.165) is 19.3 Å². The summed E-state index contributed by atoms with van der Waals surface area (Å²) in [5.74, 6) is -0.0556. The summed E-state index contributed by atoms with van der Waals surface area (Å²) in [6.07, 6.45) is 2.31. The molecule has 10 heavy (non-hydrogen) atoms. The number of aliphatic hydroxyl groups excluding tert-OH is 1. The number of carbonyl (C=O) groups is 1. The maximum Gasteiger partial charge on any atom is 0.225 e. The summed E-state index contributed by atoms with van der Waals surface area (Å²) >= 11 is 0. The van der Waals surface area contributed by atoms with Gasteiger partial charge in [-0.1, -0.05) is 0 Å². The van der Waals surface area contributed by atoms with Crippen LogP contribution in [0.1, 0.15) is 19.3 Å². The predicted molar refractivity (Wildman–Crippen MR) is 35.3 cm³/mol. The van der Waals surface area contributed by atoms with Crippen LogP contribution in [0.3, 0.4) is 0 Å². The van der Waals surface area contributed by atoms with Crippen molar-refractivity contribution in [2.45, 2.75) is 31.4 Å². The summed E-state index contributed by atoms with van der Waals surface area (Å²) in [6.45, 7) is 0. The Hall–Kier alpha value is -0.570. The summed E-state index contributed by atoms with van der Waals surface area (Å²) in [5.41, 5.74) is 0. The fourth-order valence-corrected chi connectivity index (χ4v) is 1.89. The molecule has 3 aliphatic rings. The molecule has 2 unspecified atom stereocenters. The van der Waals surface area contributed by atoms with E-state index in [1.807, 2.05) is 0 Å². The lowest BCUT2D eigenvalue weighted by molar-refractivity contribution is -0.137. The van der Waals surface area contributed by atoms with Crippen LogP contribution >= 0.6 is 0 Å². The third-order valence-corrected chi connectivity index (χ3v) is 2.50. The van der Waals surface area contributed by atoms with E-state index in [0.29, 0.717) is 0 Å². The largest absolute Gasteiger partial charge is 0.392 e. The van der Waals surface area contributed by atoms with Gasteiger partial charge in [0.25, 0.3) is 0 Å². The fourth-order valence-electron chi connectivity index (χ4n) is 1.89. The second kappa shape index (κ2) is 1.95. The predicted octanol–water partition coefficient (Wildman–Crippen LogP) is -0.354. The molecular formula is C7H11NO2. The summed E-state index contributed by atoms with van der Waals surface area (Å²) in [5, 5.41) is 12.2. The van der Waals surface area contributed by atoms with Crippen molar-refractivity contribution in [1.82, 2.24) is 5.32 Å². The quantitative estimate of drug-likeness (QED) is 0.484. The van der Waals surface area contributed by atoms with Crippen molar-refractivity contribution in [3.63, 3.8) is 0 Å². The Morgan fingerprint density at radius 1 is 1.50 bits per heavy atom. The van der Waals surface area contributed by atoms with Crippen molar-refractivity contribution in [2.24, 2.45) is 5.92 Å². The standard InChI is InChI=1S/C7H11NO2/c9-6-3-4-1-2-5(6)7(10)8-4/h4-6,9H,1-3H2,(H,8,10)/t4?,5?,6-/m1/s1. The first kappa shape index (κ1) is 6.16. The van der Waals surface area contributed by atoms with Crippen LogP contribution in [0.15, 0.2) is 0 Å². The van der Waals surface area contributed by atoms with Crippen LogP contribution in [0, 0.1) is 5.92 Å². The van der Waals surface area contributed by atoms with Gasteiger partial charge in [0.05, 0.1) is 12.0 Å². The Balaban J connectivity index is 2.18. The molecule has 3 atom stereocenters. The highest BCUT2D eigenvalue weighted by atomic mass is 16.3. The minimum Gasteiger partial charge on any atom is -0.392 e. The lowest BCUT2D eigenvalue weighted by atomic mass is 9.79. The molecule has 1 amide bonds. The number of amides is 1. The van der Waals surface area contributed by atoms with Gasteiger partial charge in [-0.2, -0.15) is 0 Å². The Bertz CT molecular complexity index is 169. The molecule has 3 rings (SSSR count). The minimum absolute atomic E-state index is 0.0509. The van der Waals surface area contributed by atoms with Gasteiger partial charge in [-0.15, -0.1) is 0 Å². The van der Waals surface area contributed by atoms with Crippen molar-refractivity contribution in [2.75, 3.05) is 0 Å². The number of nitrogens with one attached hydrogen (secondary N) is 1. The van der Waals surface area contributed by atoms with Crippen molar-refractivity contribution >= 4 is 5.91 Å². The van der Waals surface area contributed by atoms with E-state index in [9.17, 15) is 9.90 Å². The van der Waals surface area contributed by atoms with Crippen LogP contribution in [0.25, 0.3) is 0 Å². The van der Waals surface area contributed by atoms with Crippen molar-refractivity contribution in [3.8, 4) is 0 Å². The molecule has 0 aromatic carbocycles. The van der Waals surface area contributed by atoms with E-state index in [-0.39, 0.29) is 24.0 Å². The minimum atomic E-state index is -0.368. The van der Waals surface area contributed by atoms with Gasteiger partial charge in [-0.05, 0) is 19.3 Å². The molecule has 2 N–H and O–H groups in total. The molecule has 1 aliphatic carbocycles. The summed E-state index contributed by atoms with van der Waals surface area (Å²) in [7, 11) is 0. The first-order valence-electron chi connectivity index (χ1n) is 3.76. The number of fused-ring (bicyclic) bond motifs is 3. The van der Waals surface area contributed by atoms with Gasteiger partial charge in [-0.25, -0.2) is 0 Å². The van der Waals surface area contributed by atoms with Crippen LogP contribution in [0.2, 0.25) is 0 Å². The van der Waals surface area contributed by atoms with Crippen molar-refractivity contribution in [3.05, 3.63) is 0 Å². The van der Waals surface area contributed by atoms with E-state index in [4.69, 9.17) is 0 Å². The zero-order valence-electron chi connectivity index (χ0n) is 5.71. The number of carbonyl (C=O) groups excluding carboxylic acids is 1. The average Bonchev–Trinajstić information content (AvgIpc) is 1.86. The molecule has 2 saturated heterocycles. The Morgan fingerprint density at radius 3 is 2.70 bits per heavy atom. The van der Waals surface area contributed by atoms with Gasteiger partial charge in [-0.3, -0.25) is 4.79 Å². The van der Waals surface area contributed by atoms with Crippen molar-refractivity contribution in [1.29, 1.82) is 0 Å². The average molecular weight is 141 g/mol. The lowest BCUT2D eigenvalue weighted by Gasteiger charge is -2.39. The first-order valence-corrected chi connectivity index (χ1v) is 3.76. The molecular weight excluding hydrogens is 130 g/mol. The van der Waals surface area contributed by atoms with Gasteiger partial charge in [0.15, 0.2) is 0 Å². The van der Waals surface area contributed by atoms with Gasteiger partial charge >= 0.3 is 0 Å². The highest BCUT2D eigenvalue weighted by Gasteiger charge is 2.39. The van der Waals surface area contributed by atoms with E-state index < -0.39 is 0 Å². The number of rotatable bonds is 0. The molecule has 2 heterocycles. The molecule has 2 aliphatic heterocycles. The van der Waals surface area contributed by atoms with Gasteiger partial charge in [0.1, 0.15) is 0 Å². The van der Waals surface area contributed by atoms with E-state index in [1.54, 1.807) is 0 Å². The van der Waals surface area contributed by atoms with E-state index in [1.165, 1.54) is 0 Å². The molecule has 0 spiro atoms. The van der Waals surface area contributed by atoms with Crippen LogP contribution < -0.4 is 5.32 Å². The fraction of sp³-hybridized carbons (Fsp3) is 0.857. The normalized spacial score (nSPS) is 45.3. The van der Waals surface area contributed by atoms with Gasteiger partial charge in [0, 0.05) is 6.04 Å². The molecule has 0 aromatic rings. The monoisotopic (exact) mass is 141 g/mol. The number of hydrogen-bond donors (Lipinski definition) is 2. The Morgan fingerprint density at radius 2 is 2.30 bits per heavy atom. The smallest absolute Gasteiger partial charge is 0.225 e. The molecule has 1 saturated carbocycles. The Labute approximate surface area is 59.4 Å². The SMILES string of the molecule is O=C1NC2CCC1[C@H](O)C2. The van der Waals surface area contributed by atoms with Gasteiger partial charge < -0.3 is 10.4 Å².